The summed E-state index contributed by atoms with van der Waals surface area (Å²) in [6, 6.07) is 2.70. The van der Waals surface area contributed by atoms with Crippen LogP contribution in [-0.4, -0.2) is 31.1 Å². The summed E-state index contributed by atoms with van der Waals surface area (Å²) in [6.07, 6.45) is 2.79. The van der Waals surface area contributed by atoms with E-state index in [2.05, 4.69) is 40.9 Å². The second-order valence-corrected chi connectivity index (χ2v) is 6.08. The van der Waals surface area contributed by atoms with Gasteiger partial charge in [0.25, 0.3) is 0 Å². The van der Waals surface area contributed by atoms with E-state index in [1.54, 1.807) is 11.3 Å². The summed E-state index contributed by atoms with van der Waals surface area (Å²) in [5.74, 6) is 0.745. The molecule has 0 bridgehead atoms. The van der Waals surface area contributed by atoms with Crippen LogP contribution in [-0.2, 0) is 0 Å². The van der Waals surface area contributed by atoms with Gasteiger partial charge >= 0.3 is 0 Å². The molecule has 0 radical (unpaired) electrons. The topological polar surface area (TPSA) is 15.3 Å². The molecule has 2 rings (SSSR count). The monoisotopic (exact) mass is 252 g/mol. The van der Waals surface area contributed by atoms with Crippen LogP contribution in [0.2, 0.25) is 0 Å². The second-order valence-electron chi connectivity index (χ2n) is 5.30. The van der Waals surface area contributed by atoms with E-state index in [1.807, 2.05) is 0 Å². The standard InChI is InChI=1S/C14H24N2S/c1-12(10-16-6-3-4-7-16)9-15-13(2)14-5-8-17-11-14/h5,8,11-13,15H,3-4,6-7,9-10H2,1-2H3. The third-order valence-electron chi connectivity index (χ3n) is 3.58. The highest BCUT2D eigenvalue weighted by molar-refractivity contribution is 7.07. The first kappa shape index (κ1) is 13.1. The molecule has 1 fully saturated rings. The van der Waals surface area contributed by atoms with E-state index in [1.165, 1.54) is 38.0 Å². The van der Waals surface area contributed by atoms with Crippen LogP contribution in [0.15, 0.2) is 16.8 Å². The van der Waals surface area contributed by atoms with E-state index in [4.69, 9.17) is 0 Å². The van der Waals surface area contributed by atoms with E-state index in [-0.39, 0.29) is 0 Å². The molecule has 1 aliphatic rings. The van der Waals surface area contributed by atoms with E-state index < -0.39 is 0 Å². The normalized spacial score (nSPS) is 20.6. The summed E-state index contributed by atoms with van der Waals surface area (Å²) in [4.78, 5) is 2.60. The SMILES string of the molecule is CC(CNC(C)c1ccsc1)CN1CCCC1. The van der Waals surface area contributed by atoms with Gasteiger partial charge in [-0.2, -0.15) is 11.3 Å². The zero-order chi connectivity index (χ0) is 12.1. The van der Waals surface area contributed by atoms with Crippen molar-refractivity contribution in [1.29, 1.82) is 0 Å². The average molecular weight is 252 g/mol. The maximum Gasteiger partial charge on any atom is 0.0300 e. The Morgan fingerprint density at radius 2 is 2.12 bits per heavy atom. The van der Waals surface area contributed by atoms with Crippen molar-refractivity contribution in [3.05, 3.63) is 22.4 Å². The minimum Gasteiger partial charge on any atom is -0.310 e. The molecule has 2 atom stereocenters. The van der Waals surface area contributed by atoms with E-state index in [9.17, 15) is 0 Å². The molecule has 2 nitrogen and oxygen atoms in total. The summed E-state index contributed by atoms with van der Waals surface area (Å²) < 4.78 is 0. The lowest BCUT2D eigenvalue weighted by Gasteiger charge is -2.22. The van der Waals surface area contributed by atoms with Crippen molar-refractivity contribution in [3.8, 4) is 0 Å². The first-order valence-electron chi connectivity index (χ1n) is 6.73. The third-order valence-corrected chi connectivity index (χ3v) is 4.29. The van der Waals surface area contributed by atoms with Gasteiger partial charge in [0.05, 0.1) is 0 Å². The lowest BCUT2D eigenvalue weighted by atomic mass is 10.1. The number of hydrogen-bond donors (Lipinski definition) is 1. The summed E-state index contributed by atoms with van der Waals surface area (Å²) >= 11 is 1.78. The predicted molar refractivity (Wildman–Crippen MR) is 75.6 cm³/mol. The number of rotatable bonds is 6. The van der Waals surface area contributed by atoms with Crippen molar-refractivity contribution < 1.29 is 0 Å². The Balaban J connectivity index is 1.66. The van der Waals surface area contributed by atoms with Gasteiger partial charge in [0.15, 0.2) is 0 Å². The van der Waals surface area contributed by atoms with Crippen LogP contribution < -0.4 is 5.32 Å². The maximum atomic E-state index is 3.64. The molecule has 1 aliphatic heterocycles. The molecule has 1 saturated heterocycles. The Hall–Kier alpha value is -0.380. The van der Waals surface area contributed by atoms with Gasteiger partial charge in [0.1, 0.15) is 0 Å². The molecule has 2 heterocycles. The molecule has 0 spiro atoms. The number of nitrogens with zero attached hydrogens (tertiary/aromatic N) is 1. The largest absolute Gasteiger partial charge is 0.310 e. The fraction of sp³-hybridized carbons (Fsp3) is 0.714. The Bertz CT molecular complexity index is 304. The van der Waals surface area contributed by atoms with Crippen LogP contribution in [0.4, 0.5) is 0 Å². The number of likely N-dealkylation sites (tertiary alicyclic amines) is 1. The van der Waals surface area contributed by atoms with Gasteiger partial charge in [-0.25, -0.2) is 0 Å². The van der Waals surface area contributed by atoms with E-state index in [0.29, 0.717) is 6.04 Å². The zero-order valence-corrected chi connectivity index (χ0v) is 11.8. The number of nitrogens with one attached hydrogen (secondary N) is 1. The summed E-state index contributed by atoms with van der Waals surface area (Å²) in [7, 11) is 0. The maximum absolute atomic E-state index is 3.64. The van der Waals surface area contributed by atoms with Gasteiger partial charge in [-0.15, -0.1) is 0 Å². The Morgan fingerprint density at radius 1 is 1.35 bits per heavy atom. The first-order valence-corrected chi connectivity index (χ1v) is 7.68. The van der Waals surface area contributed by atoms with Crippen LogP contribution in [0, 0.1) is 5.92 Å². The van der Waals surface area contributed by atoms with Crippen molar-refractivity contribution in [1.82, 2.24) is 10.2 Å². The van der Waals surface area contributed by atoms with Crippen LogP contribution in [0.25, 0.3) is 0 Å². The van der Waals surface area contributed by atoms with Gasteiger partial charge in [-0.1, -0.05) is 6.92 Å². The predicted octanol–water partition coefficient (Wildman–Crippen LogP) is 3.13. The van der Waals surface area contributed by atoms with Crippen LogP contribution >= 0.6 is 11.3 Å². The van der Waals surface area contributed by atoms with Crippen LogP contribution in [0.5, 0.6) is 0 Å². The fourth-order valence-corrected chi connectivity index (χ4v) is 3.24. The van der Waals surface area contributed by atoms with Crippen molar-refractivity contribution in [2.45, 2.75) is 32.7 Å². The van der Waals surface area contributed by atoms with Gasteiger partial charge in [0, 0.05) is 12.6 Å². The van der Waals surface area contributed by atoms with Gasteiger partial charge in [-0.05, 0) is 67.7 Å². The van der Waals surface area contributed by atoms with Crippen molar-refractivity contribution in [2.24, 2.45) is 5.92 Å². The third kappa shape index (κ3) is 4.09. The molecule has 1 N–H and O–H groups in total. The molecule has 1 aromatic heterocycles. The number of hydrogen-bond acceptors (Lipinski definition) is 3. The minimum atomic E-state index is 0.488. The van der Waals surface area contributed by atoms with E-state index >= 15 is 0 Å². The van der Waals surface area contributed by atoms with Crippen molar-refractivity contribution in [3.63, 3.8) is 0 Å². The molecule has 3 heteroatoms. The lowest BCUT2D eigenvalue weighted by Crippen LogP contribution is -2.32. The molecule has 0 aromatic carbocycles. The second kappa shape index (κ2) is 6.53. The summed E-state index contributed by atoms with van der Waals surface area (Å²) in [5, 5.41) is 8.03. The molecule has 0 saturated carbocycles. The molecule has 1 aromatic rings. The van der Waals surface area contributed by atoms with Crippen molar-refractivity contribution in [2.75, 3.05) is 26.2 Å². The highest BCUT2D eigenvalue weighted by Gasteiger charge is 2.15. The molecular formula is C14H24N2S. The molecule has 0 aliphatic carbocycles. The zero-order valence-electron chi connectivity index (χ0n) is 11.0. The number of thiophene rings is 1. The van der Waals surface area contributed by atoms with Gasteiger partial charge in [0.2, 0.25) is 0 Å². The van der Waals surface area contributed by atoms with Crippen LogP contribution in [0.3, 0.4) is 0 Å². The fourth-order valence-electron chi connectivity index (χ4n) is 2.49. The quantitative estimate of drug-likeness (QED) is 0.837. The molecule has 96 valence electrons. The highest BCUT2D eigenvalue weighted by Crippen LogP contribution is 2.16. The van der Waals surface area contributed by atoms with Crippen LogP contribution in [0.1, 0.15) is 38.3 Å². The summed E-state index contributed by atoms with van der Waals surface area (Å²) in [6.45, 7) is 9.60. The van der Waals surface area contributed by atoms with Gasteiger partial charge in [-0.3, -0.25) is 0 Å². The Kier molecular flexibility index (Phi) is 5.01. The Labute approximate surface area is 109 Å². The smallest absolute Gasteiger partial charge is 0.0300 e. The summed E-state index contributed by atoms with van der Waals surface area (Å²) in [5.41, 5.74) is 1.42. The van der Waals surface area contributed by atoms with Gasteiger partial charge < -0.3 is 10.2 Å². The average Bonchev–Trinajstić information content (AvgIpc) is 2.97. The molecular weight excluding hydrogens is 228 g/mol. The molecule has 17 heavy (non-hydrogen) atoms. The minimum absolute atomic E-state index is 0.488. The molecule has 0 amide bonds. The highest BCUT2D eigenvalue weighted by atomic mass is 32.1. The lowest BCUT2D eigenvalue weighted by molar-refractivity contribution is 0.279. The first-order chi connectivity index (χ1) is 8.25. The van der Waals surface area contributed by atoms with E-state index in [0.717, 1.165) is 12.5 Å². The Morgan fingerprint density at radius 3 is 2.76 bits per heavy atom. The van der Waals surface area contributed by atoms with Crippen molar-refractivity contribution >= 4 is 11.3 Å². The molecule has 2 unspecified atom stereocenters.